The summed E-state index contributed by atoms with van der Waals surface area (Å²) in [7, 11) is 0. The second kappa shape index (κ2) is 8.79. The molecule has 4 rings (SSSR count). The highest BCUT2D eigenvalue weighted by Crippen LogP contribution is 2.20. The fourth-order valence-corrected chi connectivity index (χ4v) is 4.26. The monoisotopic (exact) mass is 430 g/mol. The number of fused-ring (bicyclic) bond motifs is 1. The Kier molecular flexibility index (Phi) is 5.91. The summed E-state index contributed by atoms with van der Waals surface area (Å²) < 4.78 is 1.68. The van der Waals surface area contributed by atoms with Crippen LogP contribution < -0.4 is 4.90 Å². The number of anilines is 1. The van der Waals surface area contributed by atoms with Crippen LogP contribution in [0.15, 0.2) is 30.5 Å². The van der Waals surface area contributed by atoms with Gasteiger partial charge in [-0.15, -0.1) is 0 Å². The lowest BCUT2D eigenvalue weighted by atomic mass is 10.1. The van der Waals surface area contributed by atoms with E-state index in [0.717, 1.165) is 35.7 Å². The Bertz CT molecular complexity index is 1210. The summed E-state index contributed by atoms with van der Waals surface area (Å²) in [5.74, 6) is 0.193. The first-order valence-electron chi connectivity index (χ1n) is 10.8. The number of nitriles is 1. The van der Waals surface area contributed by atoms with Crippen LogP contribution in [0, 0.1) is 25.2 Å². The number of benzene rings is 1. The highest BCUT2D eigenvalue weighted by atomic mass is 16.2. The van der Waals surface area contributed by atoms with Gasteiger partial charge in [0.2, 0.25) is 5.91 Å². The summed E-state index contributed by atoms with van der Waals surface area (Å²) in [5, 5.41) is 13.5. The number of nitrogens with zero attached hydrogens (tertiary/aromatic N) is 6. The first-order valence-corrected chi connectivity index (χ1v) is 10.8. The van der Waals surface area contributed by atoms with E-state index in [1.165, 1.54) is 6.20 Å². The van der Waals surface area contributed by atoms with E-state index in [9.17, 15) is 14.9 Å². The highest BCUT2D eigenvalue weighted by Gasteiger charge is 2.22. The lowest BCUT2D eigenvalue weighted by Gasteiger charge is -2.36. The van der Waals surface area contributed by atoms with Gasteiger partial charge in [0.1, 0.15) is 11.6 Å². The molecule has 8 nitrogen and oxygen atoms in total. The SMILES string of the molecule is CC(=O)c1ccc(N2CCN(C(=O)CCc3c(C)nc4c(C#N)cnn4c3C)CC2)cc1. The smallest absolute Gasteiger partial charge is 0.223 e. The normalized spacial score (nSPS) is 13.9. The minimum absolute atomic E-state index is 0.0600. The second-order valence-electron chi connectivity index (χ2n) is 8.14. The van der Waals surface area contributed by atoms with Crippen LogP contribution in [0.2, 0.25) is 0 Å². The first-order chi connectivity index (χ1) is 15.4. The van der Waals surface area contributed by atoms with Gasteiger partial charge in [-0.25, -0.2) is 9.50 Å². The third kappa shape index (κ3) is 4.06. The van der Waals surface area contributed by atoms with Gasteiger partial charge in [-0.2, -0.15) is 10.4 Å². The van der Waals surface area contributed by atoms with Gasteiger partial charge in [-0.1, -0.05) is 0 Å². The fraction of sp³-hybridized carbons (Fsp3) is 0.375. The third-order valence-electron chi connectivity index (χ3n) is 6.19. The van der Waals surface area contributed by atoms with E-state index in [2.05, 4.69) is 21.1 Å². The number of rotatable bonds is 5. The van der Waals surface area contributed by atoms with Crippen LogP contribution in [0.3, 0.4) is 0 Å². The summed E-state index contributed by atoms with van der Waals surface area (Å²) in [5.41, 5.74) is 5.54. The Morgan fingerprint density at radius 2 is 1.78 bits per heavy atom. The van der Waals surface area contributed by atoms with E-state index in [0.29, 0.717) is 42.7 Å². The van der Waals surface area contributed by atoms with E-state index < -0.39 is 0 Å². The van der Waals surface area contributed by atoms with Crippen molar-refractivity contribution in [2.24, 2.45) is 0 Å². The molecule has 0 bridgehead atoms. The number of piperazine rings is 1. The average Bonchev–Trinajstić information content (AvgIpc) is 3.22. The minimum atomic E-state index is 0.0600. The van der Waals surface area contributed by atoms with Gasteiger partial charge in [-0.3, -0.25) is 9.59 Å². The van der Waals surface area contributed by atoms with Gasteiger partial charge in [0.15, 0.2) is 11.4 Å². The quantitative estimate of drug-likeness (QED) is 0.578. The predicted molar refractivity (Wildman–Crippen MR) is 121 cm³/mol. The summed E-state index contributed by atoms with van der Waals surface area (Å²) in [6.07, 6.45) is 2.53. The summed E-state index contributed by atoms with van der Waals surface area (Å²) in [4.78, 5) is 33.0. The number of hydrogen-bond acceptors (Lipinski definition) is 6. The molecule has 0 unspecified atom stereocenters. The van der Waals surface area contributed by atoms with E-state index in [1.807, 2.05) is 43.0 Å². The number of ketones is 1. The Morgan fingerprint density at radius 1 is 1.09 bits per heavy atom. The van der Waals surface area contributed by atoms with Gasteiger partial charge in [0.25, 0.3) is 0 Å². The molecule has 0 radical (unpaired) electrons. The topological polar surface area (TPSA) is 94.6 Å². The zero-order valence-electron chi connectivity index (χ0n) is 18.6. The van der Waals surface area contributed by atoms with Gasteiger partial charge in [-0.05, 0) is 57.0 Å². The molecule has 164 valence electrons. The Hall–Kier alpha value is -3.73. The predicted octanol–water partition coefficient (Wildman–Crippen LogP) is 2.70. The zero-order valence-corrected chi connectivity index (χ0v) is 18.6. The zero-order chi connectivity index (χ0) is 22.8. The molecule has 3 aromatic rings. The van der Waals surface area contributed by atoms with Gasteiger partial charge in [0, 0.05) is 55.2 Å². The standard InChI is InChI=1S/C24H26N6O2/c1-16-22(17(2)30-24(27-16)20(14-25)15-26-30)8-9-23(32)29-12-10-28(11-13-29)21-6-4-19(5-7-21)18(3)31/h4-7,15H,8-13H2,1-3H3. The van der Waals surface area contributed by atoms with Crippen LogP contribution in [-0.2, 0) is 11.2 Å². The number of carbonyl (C=O) groups is 2. The van der Waals surface area contributed by atoms with Crippen LogP contribution in [0.5, 0.6) is 0 Å². The van der Waals surface area contributed by atoms with Crippen molar-refractivity contribution in [3.05, 3.63) is 58.5 Å². The number of carbonyl (C=O) groups excluding carboxylic acids is 2. The van der Waals surface area contributed by atoms with Gasteiger partial charge in [0.05, 0.1) is 6.20 Å². The van der Waals surface area contributed by atoms with Crippen LogP contribution in [0.1, 0.15) is 46.2 Å². The molecule has 1 aliphatic heterocycles. The molecule has 3 heterocycles. The van der Waals surface area contributed by atoms with Crippen molar-refractivity contribution in [1.82, 2.24) is 19.5 Å². The fourth-order valence-electron chi connectivity index (χ4n) is 4.26. The number of aryl methyl sites for hydroxylation is 2. The number of Topliss-reactive ketones (excluding diaryl/α,β-unsaturated/α-hetero) is 1. The maximum Gasteiger partial charge on any atom is 0.223 e. The Morgan fingerprint density at radius 3 is 2.41 bits per heavy atom. The van der Waals surface area contributed by atoms with Crippen molar-refractivity contribution >= 4 is 23.0 Å². The maximum atomic E-state index is 12.9. The molecule has 0 N–H and O–H groups in total. The minimum Gasteiger partial charge on any atom is -0.368 e. The largest absolute Gasteiger partial charge is 0.368 e. The van der Waals surface area contributed by atoms with E-state index in [1.54, 1.807) is 11.4 Å². The molecule has 1 amide bonds. The molecule has 0 saturated carbocycles. The van der Waals surface area contributed by atoms with E-state index >= 15 is 0 Å². The number of hydrogen-bond donors (Lipinski definition) is 0. The molecular formula is C24H26N6O2. The molecule has 1 saturated heterocycles. The average molecular weight is 431 g/mol. The van der Waals surface area contributed by atoms with E-state index in [4.69, 9.17) is 0 Å². The Labute approximate surface area is 187 Å². The van der Waals surface area contributed by atoms with Crippen LogP contribution in [-0.4, -0.2) is 57.4 Å². The highest BCUT2D eigenvalue weighted by molar-refractivity contribution is 5.94. The number of aromatic nitrogens is 3. The molecule has 0 spiro atoms. The number of amides is 1. The van der Waals surface area contributed by atoms with Crippen molar-refractivity contribution in [3.63, 3.8) is 0 Å². The first kappa shape index (κ1) is 21.5. The van der Waals surface area contributed by atoms with Crippen LogP contribution in [0.4, 0.5) is 5.69 Å². The molecule has 1 fully saturated rings. The van der Waals surface area contributed by atoms with Crippen molar-refractivity contribution < 1.29 is 9.59 Å². The van der Waals surface area contributed by atoms with Crippen molar-refractivity contribution in [3.8, 4) is 6.07 Å². The summed E-state index contributed by atoms with van der Waals surface area (Å²) in [6, 6.07) is 9.75. The molecule has 0 aliphatic carbocycles. The summed E-state index contributed by atoms with van der Waals surface area (Å²) in [6.45, 7) is 8.31. The molecule has 2 aromatic heterocycles. The van der Waals surface area contributed by atoms with E-state index in [-0.39, 0.29) is 11.7 Å². The molecule has 0 atom stereocenters. The molecular weight excluding hydrogens is 404 g/mol. The molecule has 1 aromatic carbocycles. The lowest BCUT2D eigenvalue weighted by molar-refractivity contribution is -0.131. The van der Waals surface area contributed by atoms with Crippen LogP contribution in [0.25, 0.3) is 5.65 Å². The third-order valence-corrected chi connectivity index (χ3v) is 6.19. The van der Waals surface area contributed by atoms with Crippen molar-refractivity contribution in [2.75, 3.05) is 31.1 Å². The lowest BCUT2D eigenvalue weighted by Crippen LogP contribution is -2.48. The molecule has 8 heteroatoms. The van der Waals surface area contributed by atoms with Crippen molar-refractivity contribution in [1.29, 1.82) is 5.26 Å². The van der Waals surface area contributed by atoms with Crippen molar-refractivity contribution in [2.45, 2.75) is 33.6 Å². The molecule has 1 aliphatic rings. The summed E-state index contributed by atoms with van der Waals surface area (Å²) >= 11 is 0. The maximum absolute atomic E-state index is 12.9. The second-order valence-corrected chi connectivity index (χ2v) is 8.14. The van der Waals surface area contributed by atoms with Gasteiger partial charge < -0.3 is 9.80 Å². The van der Waals surface area contributed by atoms with Gasteiger partial charge >= 0.3 is 0 Å². The Balaban J connectivity index is 1.37. The van der Waals surface area contributed by atoms with Crippen LogP contribution >= 0.6 is 0 Å². The molecule has 32 heavy (non-hydrogen) atoms.